The Morgan fingerprint density at radius 2 is 1.95 bits per heavy atom. The Kier molecular flexibility index (Phi) is 3.75. The number of pyridine rings is 1. The minimum absolute atomic E-state index is 0.236. The maximum Gasteiger partial charge on any atom is 0.130 e. The lowest BCUT2D eigenvalue weighted by atomic mass is 10.1. The number of anilines is 1. The van der Waals surface area contributed by atoms with E-state index in [1.807, 2.05) is 30.3 Å². The summed E-state index contributed by atoms with van der Waals surface area (Å²) in [6, 6.07) is 14.1. The summed E-state index contributed by atoms with van der Waals surface area (Å²) in [5.41, 5.74) is 7.55. The largest absolute Gasteiger partial charge is 0.489 e. The van der Waals surface area contributed by atoms with Gasteiger partial charge in [-0.15, -0.1) is 0 Å². The topological polar surface area (TPSA) is 48.1 Å². The highest BCUT2D eigenvalue weighted by Gasteiger charge is 2.06. The van der Waals surface area contributed by atoms with Gasteiger partial charge < -0.3 is 10.5 Å². The minimum atomic E-state index is -0.357. The summed E-state index contributed by atoms with van der Waals surface area (Å²) in [6.07, 6.45) is 0. The molecule has 0 saturated carbocycles. The number of aromatic nitrogens is 1. The number of hydrogen-bond donors (Lipinski definition) is 1. The van der Waals surface area contributed by atoms with Gasteiger partial charge in [-0.05, 0) is 24.3 Å². The van der Waals surface area contributed by atoms with E-state index in [2.05, 4.69) is 20.9 Å². The van der Waals surface area contributed by atoms with Crippen LogP contribution in [0.25, 0.3) is 10.9 Å². The van der Waals surface area contributed by atoms with Crippen molar-refractivity contribution in [3.05, 3.63) is 64.4 Å². The summed E-state index contributed by atoms with van der Waals surface area (Å²) in [4.78, 5) is 4.34. The van der Waals surface area contributed by atoms with Gasteiger partial charge in [-0.25, -0.2) is 9.37 Å². The van der Waals surface area contributed by atoms with Crippen molar-refractivity contribution in [3.8, 4) is 5.75 Å². The SMILES string of the molecule is Nc1nc2ccccc2cc1COc1cc(F)cc(Br)c1. The van der Waals surface area contributed by atoms with Crippen molar-refractivity contribution in [2.45, 2.75) is 6.61 Å². The van der Waals surface area contributed by atoms with Gasteiger partial charge in [0.05, 0.1) is 5.52 Å². The summed E-state index contributed by atoms with van der Waals surface area (Å²) >= 11 is 3.23. The minimum Gasteiger partial charge on any atom is -0.489 e. The molecule has 0 fully saturated rings. The van der Waals surface area contributed by atoms with Gasteiger partial charge in [-0.1, -0.05) is 34.1 Å². The fraction of sp³-hybridized carbons (Fsp3) is 0.0625. The average Bonchev–Trinajstić information content (AvgIpc) is 2.44. The predicted octanol–water partition coefficient (Wildman–Crippen LogP) is 4.30. The van der Waals surface area contributed by atoms with Crippen LogP contribution in [0, 0.1) is 5.82 Å². The van der Waals surface area contributed by atoms with Gasteiger partial charge in [0.1, 0.15) is 24.0 Å². The number of nitrogens with zero attached hydrogens (tertiary/aromatic N) is 1. The zero-order chi connectivity index (χ0) is 14.8. The average molecular weight is 347 g/mol. The van der Waals surface area contributed by atoms with E-state index in [1.165, 1.54) is 12.1 Å². The Morgan fingerprint density at radius 1 is 1.14 bits per heavy atom. The maximum atomic E-state index is 13.3. The highest BCUT2D eigenvalue weighted by atomic mass is 79.9. The Bertz CT molecular complexity index is 787. The number of ether oxygens (including phenoxy) is 1. The summed E-state index contributed by atoms with van der Waals surface area (Å²) < 4.78 is 19.5. The van der Waals surface area contributed by atoms with Crippen LogP contribution in [0.15, 0.2) is 53.0 Å². The molecule has 2 aromatic carbocycles. The summed E-state index contributed by atoms with van der Waals surface area (Å²) in [7, 11) is 0. The lowest BCUT2D eigenvalue weighted by molar-refractivity contribution is 0.305. The molecule has 1 aromatic heterocycles. The first-order valence-corrected chi connectivity index (χ1v) is 7.14. The van der Waals surface area contributed by atoms with Crippen molar-refractivity contribution in [1.82, 2.24) is 4.98 Å². The van der Waals surface area contributed by atoms with Crippen molar-refractivity contribution in [2.75, 3.05) is 5.73 Å². The van der Waals surface area contributed by atoms with Crippen LogP contribution in [0.5, 0.6) is 5.75 Å². The molecule has 0 amide bonds. The highest BCUT2D eigenvalue weighted by molar-refractivity contribution is 9.10. The van der Waals surface area contributed by atoms with E-state index in [1.54, 1.807) is 6.07 Å². The van der Waals surface area contributed by atoms with Crippen LogP contribution in [0.2, 0.25) is 0 Å². The Balaban J connectivity index is 1.86. The summed E-state index contributed by atoms with van der Waals surface area (Å²) in [6.45, 7) is 0.236. The third-order valence-corrected chi connectivity index (χ3v) is 3.52. The molecule has 106 valence electrons. The van der Waals surface area contributed by atoms with Crippen LogP contribution in [0.1, 0.15) is 5.56 Å². The van der Waals surface area contributed by atoms with Gasteiger partial charge in [0, 0.05) is 21.5 Å². The molecule has 0 atom stereocenters. The van der Waals surface area contributed by atoms with Crippen LogP contribution in [-0.2, 0) is 6.61 Å². The van der Waals surface area contributed by atoms with Crippen LogP contribution >= 0.6 is 15.9 Å². The molecular formula is C16H12BrFN2O. The quantitative estimate of drug-likeness (QED) is 0.769. The Hall–Kier alpha value is -2.14. The summed E-state index contributed by atoms with van der Waals surface area (Å²) in [5.74, 6) is 0.502. The molecule has 21 heavy (non-hydrogen) atoms. The Morgan fingerprint density at radius 3 is 2.76 bits per heavy atom. The van der Waals surface area contributed by atoms with E-state index in [-0.39, 0.29) is 12.4 Å². The van der Waals surface area contributed by atoms with E-state index in [0.29, 0.717) is 16.0 Å². The molecule has 0 spiro atoms. The molecule has 0 radical (unpaired) electrons. The molecule has 3 rings (SSSR count). The van der Waals surface area contributed by atoms with Crippen molar-refractivity contribution < 1.29 is 9.13 Å². The smallest absolute Gasteiger partial charge is 0.130 e. The normalized spacial score (nSPS) is 10.8. The zero-order valence-electron chi connectivity index (χ0n) is 11.0. The third-order valence-electron chi connectivity index (χ3n) is 3.07. The van der Waals surface area contributed by atoms with Crippen molar-refractivity contribution in [2.24, 2.45) is 0 Å². The number of nitrogen functional groups attached to an aromatic ring is 1. The van der Waals surface area contributed by atoms with Crippen molar-refractivity contribution in [1.29, 1.82) is 0 Å². The van der Waals surface area contributed by atoms with Crippen molar-refractivity contribution in [3.63, 3.8) is 0 Å². The molecular weight excluding hydrogens is 335 g/mol. The van der Waals surface area contributed by atoms with Crippen molar-refractivity contribution >= 4 is 32.7 Å². The van der Waals surface area contributed by atoms with Crippen LogP contribution in [0.3, 0.4) is 0 Å². The number of para-hydroxylation sites is 1. The van der Waals surface area contributed by atoms with Crippen LogP contribution in [-0.4, -0.2) is 4.98 Å². The van der Waals surface area contributed by atoms with Gasteiger partial charge in [0.25, 0.3) is 0 Å². The molecule has 0 saturated heterocycles. The number of hydrogen-bond acceptors (Lipinski definition) is 3. The summed E-state index contributed by atoms with van der Waals surface area (Å²) in [5, 5.41) is 0.991. The number of fused-ring (bicyclic) bond motifs is 1. The number of rotatable bonds is 3. The second-order valence-electron chi connectivity index (χ2n) is 4.62. The second kappa shape index (κ2) is 5.69. The first-order chi connectivity index (χ1) is 10.1. The van der Waals surface area contributed by atoms with Gasteiger partial charge in [0.15, 0.2) is 0 Å². The van der Waals surface area contributed by atoms with E-state index in [4.69, 9.17) is 10.5 Å². The lowest BCUT2D eigenvalue weighted by Gasteiger charge is -2.10. The molecule has 0 unspecified atom stereocenters. The molecule has 0 aliphatic carbocycles. The number of halogens is 2. The molecule has 5 heteroatoms. The highest BCUT2D eigenvalue weighted by Crippen LogP contribution is 2.23. The van der Waals surface area contributed by atoms with Gasteiger partial charge >= 0.3 is 0 Å². The molecule has 2 N–H and O–H groups in total. The number of nitrogens with two attached hydrogens (primary N) is 1. The molecule has 0 aliphatic rings. The first kappa shape index (κ1) is 13.8. The van der Waals surface area contributed by atoms with E-state index < -0.39 is 0 Å². The predicted molar refractivity (Wildman–Crippen MR) is 84.6 cm³/mol. The van der Waals surface area contributed by atoms with E-state index in [0.717, 1.165) is 16.5 Å². The first-order valence-electron chi connectivity index (χ1n) is 6.35. The number of benzene rings is 2. The fourth-order valence-electron chi connectivity index (χ4n) is 2.06. The van der Waals surface area contributed by atoms with Gasteiger partial charge in [0.2, 0.25) is 0 Å². The monoisotopic (exact) mass is 346 g/mol. The van der Waals surface area contributed by atoms with Crippen LogP contribution < -0.4 is 10.5 Å². The van der Waals surface area contributed by atoms with Crippen LogP contribution in [0.4, 0.5) is 10.2 Å². The lowest BCUT2D eigenvalue weighted by Crippen LogP contribution is -2.03. The Labute approximate surface area is 129 Å². The molecule has 1 heterocycles. The maximum absolute atomic E-state index is 13.3. The molecule has 3 aromatic rings. The second-order valence-corrected chi connectivity index (χ2v) is 5.53. The van der Waals surface area contributed by atoms with E-state index >= 15 is 0 Å². The van der Waals surface area contributed by atoms with Gasteiger partial charge in [-0.2, -0.15) is 0 Å². The molecule has 0 aliphatic heterocycles. The van der Waals surface area contributed by atoms with E-state index in [9.17, 15) is 4.39 Å². The molecule has 0 bridgehead atoms. The fourth-order valence-corrected chi connectivity index (χ4v) is 2.51. The van der Waals surface area contributed by atoms with Gasteiger partial charge in [-0.3, -0.25) is 0 Å². The zero-order valence-corrected chi connectivity index (χ0v) is 12.6. The third kappa shape index (κ3) is 3.13. The molecule has 3 nitrogen and oxygen atoms in total. The standard InChI is InChI=1S/C16H12BrFN2O/c17-12-6-13(18)8-14(7-12)21-9-11-5-10-3-1-2-4-15(10)20-16(11)19/h1-8H,9H2,(H2,19,20).